The van der Waals surface area contributed by atoms with Crippen LogP contribution in [0.3, 0.4) is 0 Å². The zero-order valence-electron chi connectivity index (χ0n) is 7.95. The maximum Gasteiger partial charge on any atom is 0.172 e. The van der Waals surface area contributed by atoms with Crippen LogP contribution in [0.5, 0.6) is 0 Å². The van der Waals surface area contributed by atoms with E-state index in [9.17, 15) is 5.11 Å². The van der Waals surface area contributed by atoms with E-state index in [2.05, 4.69) is 6.92 Å². The molecule has 2 aliphatic carbocycles. The van der Waals surface area contributed by atoms with E-state index in [4.69, 9.17) is 9.47 Å². The number of ether oxygens (including phenoxy) is 2. The summed E-state index contributed by atoms with van der Waals surface area (Å²) in [6.45, 7) is 3.61. The van der Waals surface area contributed by atoms with Gasteiger partial charge in [-0.05, 0) is 12.8 Å². The topological polar surface area (TPSA) is 38.7 Å². The summed E-state index contributed by atoms with van der Waals surface area (Å²) in [5, 5.41) is 9.71. The Labute approximate surface area is 78.0 Å². The Morgan fingerprint density at radius 3 is 2.46 bits per heavy atom. The third-order valence-electron chi connectivity index (χ3n) is 4.34. The minimum Gasteiger partial charge on any atom is -0.393 e. The first-order valence-electron chi connectivity index (χ1n) is 5.13. The number of aliphatic hydroxyl groups excluding tert-OH is 1. The summed E-state index contributed by atoms with van der Waals surface area (Å²) < 4.78 is 11.4. The number of aliphatic hydroxyl groups is 1. The van der Waals surface area contributed by atoms with E-state index in [1.165, 1.54) is 0 Å². The monoisotopic (exact) mass is 184 g/mol. The van der Waals surface area contributed by atoms with Gasteiger partial charge in [-0.3, -0.25) is 0 Å². The molecule has 1 aliphatic heterocycles. The van der Waals surface area contributed by atoms with Crippen molar-refractivity contribution in [1.82, 2.24) is 0 Å². The molecule has 3 fully saturated rings. The number of hydrogen-bond donors (Lipinski definition) is 1. The van der Waals surface area contributed by atoms with Crippen LogP contribution in [0, 0.1) is 11.3 Å². The van der Waals surface area contributed by atoms with Crippen LogP contribution in [-0.4, -0.2) is 30.2 Å². The lowest BCUT2D eigenvalue weighted by atomic mass is 9.60. The van der Waals surface area contributed by atoms with Gasteiger partial charge in [-0.1, -0.05) is 6.92 Å². The zero-order valence-corrected chi connectivity index (χ0v) is 7.95. The third-order valence-corrected chi connectivity index (χ3v) is 4.34. The van der Waals surface area contributed by atoms with Crippen molar-refractivity contribution in [3.63, 3.8) is 0 Å². The van der Waals surface area contributed by atoms with Crippen LogP contribution >= 0.6 is 0 Å². The standard InChI is InChI=1S/C10H16O3/c1-9-2-3-10(12-4-5-13-10)7(9)6-8(9)11/h7-8,11H,2-6H2,1H3/t7-,8-,9-/m1/s1. The Morgan fingerprint density at radius 2 is 1.92 bits per heavy atom. The van der Waals surface area contributed by atoms with Crippen molar-refractivity contribution in [1.29, 1.82) is 0 Å². The van der Waals surface area contributed by atoms with Gasteiger partial charge in [-0.2, -0.15) is 0 Å². The van der Waals surface area contributed by atoms with E-state index in [-0.39, 0.29) is 17.3 Å². The van der Waals surface area contributed by atoms with Gasteiger partial charge in [-0.25, -0.2) is 0 Å². The molecule has 13 heavy (non-hydrogen) atoms. The fraction of sp³-hybridized carbons (Fsp3) is 1.00. The first-order valence-corrected chi connectivity index (χ1v) is 5.13. The predicted molar refractivity (Wildman–Crippen MR) is 46.1 cm³/mol. The summed E-state index contributed by atoms with van der Waals surface area (Å²) in [6.07, 6.45) is 2.73. The van der Waals surface area contributed by atoms with Gasteiger partial charge in [0.15, 0.2) is 5.79 Å². The Hall–Kier alpha value is -0.120. The minimum atomic E-state index is -0.312. The Morgan fingerprint density at radius 1 is 1.23 bits per heavy atom. The number of rotatable bonds is 0. The highest BCUT2D eigenvalue weighted by Crippen LogP contribution is 2.63. The van der Waals surface area contributed by atoms with Gasteiger partial charge >= 0.3 is 0 Å². The van der Waals surface area contributed by atoms with Crippen molar-refractivity contribution in [3.05, 3.63) is 0 Å². The van der Waals surface area contributed by atoms with Crippen LogP contribution in [0.2, 0.25) is 0 Å². The minimum absolute atomic E-state index is 0.0737. The van der Waals surface area contributed by atoms with Crippen LogP contribution in [0.4, 0.5) is 0 Å². The SMILES string of the molecule is C[C@@]12CCC3(OCCO3)[C@@H]1C[C@H]2O. The molecule has 0 radical (unpaired) electrons. The summed E-state index contributed by atoms with van der Waals surface area (Å²) in [6, 6.07) is 0. The average molecular weight is 184 g/mol. The van der Waals surface area contributed by atoms with Crippen LogP contribution < -0.4 is 0 Å². The van der Waals surface area contributed by atoms with Crippen molar-refractivity contribution in [3.8, 4) is 0 Å². The molecule has 0 bridgehead atoms. The van der Waals surface area contributed by atoms with Gasteiger partial charge in [0, 0.05) is 17.8 Å². The normalized spacial score (nSPS) is 52.2. The van der Waals surface area contributed by atoms with Crippen LogP contribution in [0.1, 0.15) is 26.2 Å². The van der Waals surface area contributed by atoms with Crippen LogP contribution in [0.15, 0.2) is 0 Å². The Kier molecular flexibility index (Phi) is 1.43. The molecule has 0 aromatic rings. The molecule has 3 atom stereocenters. The fourth-order valence-corrected chi connectivity index (χ4v) is 3.29. The van der Waals surface area contributed by atoms with E-state index in [1.54, 1.807) is 0 Å². The first-order chi connectivity index (χ1) is 6.17. The van der Waals surface area contributed by atoms with Gasteiger partial charge in [0.05, 0.1) is 19.3 Å². The maximum absolute atomic E-state index is 9.71. The lowest BCUT2D eigenvalue weighted by Crippen LogP contribution is -2.55. The number of hydrogen-bond acceptors (Lipinski definition) is 3. The quantitative estimate of drug-likeness (QED) is 0.608. The summed E-state index contributed by atoms with van der Waals surface area (Å²) in [5.74, 6) is 0.117. The zero-order chi connectivity index (χ0) is 9.10. The van der Waals surface area contributed by atoms with E-state index in [0.717, 1.165) is 32.5 Å². The summed E-state index contributed by atoms with van der Waals surface area (Å²) >= 11 is 0. The molecule has 0 amide bonds. The average Bonchev–Trinajstić information content (AvgIpc) is 2.66. The second-order valence-corrected chi connectivity index (χ2v) is 4.82. The molecule has 1 N–H and O–H groups in total. The molecule has 74 valence electrons. The Bertz CT molecular complexity index is 234. The van der Waals surface area contributed by atoms with Gasteiger partial charge in [-0.15, -0.1) is 0 Å². The largest absolute Gasteiger partial charge is 0.393 e. The van der Waals surface area contributed by atoms with Crippen LogP contribution in [0.25, 0.3) is 0 Å². The third kappa shape index (κ3) is 0.808. The molecule has 3 heteroatoms. The molecule has 2 saturated carbocycles. The molecule has 0 unspecified atom stereocenters. The molecular formula is C10H16O3. The van der Waals surface area contributed by atoms with Crippen molar-refractivity contribution in [2.45, 2.75) is 38.1 Å². The van der Waals surface area contributed by atoms with Crippen molar-refractivity contribution in [2.24, 2.45) is 11.3 Å². The molecule has 0 aromatic carbocycles. The molecular weight excluding hydrogens is 168 g/mol. The smallest absolute Gasteiger partial charge is 0.172 e. The highest BCUT2D eigenvalue weighted by atomic mass is 16.7. The second kappa shape index (κ2) is 2.27. The summed E-state index contributed by atoms with van der Waals surface area (Å²) in [5.41, 5.74) is 0.0737. The van der Waals surface area contributed by atoms with Crippen molar-refractivity contribution in [2.75, 3.05) is 13.2 Å². The second-order valence-electron chi connectivity index (χ2n) is 4.82. The van der Waals surface area contributed by atoms with Crippen LogP contribution in [-0.2, 0) is 9.47 Å². The van der Waals surface area contributed by atoms with Gasteiger partial charge in [0.2, 0.25) is 0 Å². The fourth-order valence-electron chi connectivity index (χ4n) is 3.29. The van der Waals surface area contributed by atoms with Crippen molar-refractivity contribution >= 4 is 0 Å². The van der Waals surface area contributed by atoms with Crippen molar-refractivity contribution < 1.29 is 14.6 Å². The maximum atomic E-state index is 9.71. The van der Waals surface area contributed by atoms with Gasteiger partial charge in [0.25, 0.3) is 0 Å². The summed E-state index contributed by atoms with van der Waals surface area (Å²) in [4.78, 5) is 0. The number of fused-ring (bicyclic) bond motifs is 2. The predicted octanol–water partition coefficient (Wildman–Crippen LogP) is 0.910. The van der Waals surface area contributed by atoms with E-state index in [1.807, 2.05) is 0 Å². The molecule has 1 saturated heterocycles. The Balaban J connectivity index is 1.89. The molecule has 1 spiro atoms. The molecule has 0 aromatic heterocycles. The lowest BCUT2D eigenvalue weighted by molar-refractivity contribution is -0.240. The molecule has 3 rings (SSSR count). The first kappa shape index (κ1) is 8.21. The van der Waals surface area contributed by atoms with E-state index < -0.39 is 0 Å². The van der Waals surface area contributed by atoms with E-state index >= 15 is 0 Å². The highest BCUT2D eigenvalue weighted by molar-refractivity contribution is 5.12. The molecule has 3 nitrogen and oxygen atoms in total. The van der Waals surface area contributed by atoms with E-state index in [0.29, 0.717) is 5.92 Å². The summed E-state index contributed by atoms with van der Waals surface area (Å²) in [7, 11) is 0. The van der Waals surface area contributed by atoms with Gasteiger partial charge < -0.3 is 14.6 Å². The molecule has 1 heterocycles. The lowest BCUT2D eigenvalue weighted by Gasteiger charge is -2.50. The highest BCUT2D eigenvalue weighted by Gasteiger charge is 2.66. The molecule has 3 aliphatic rings. The van der Waals surface area contributed by atoms with Gasteiger partial charge in [0.1, 0.15) is 0 Å².